The fourth-order valence-corrected chi connectivity index (χ4v) is 1.25. The number of halogens is 2. The van der Waals surface area contributed by atoms with E-state index in [1.807, 2.05) is 0 Å². The van der Waals surface area contributed by atoms with Crippen molar-refractivity contribution in [3.8, 4) is 0 Å². The maximum absolute atomic E-state index is 13.2. The zero-order valence-electron chi connectivity index (χ0n) is 7.61. The molecule has 0 bridgehead atoms. The fraction of sp³-hybridized carbons (Fsp3) is 0. The molecule has 1 heterocycles. The molecular weight excluding hydrogens is 217 g/mol. The van der Waals surface area contributed by atoms with E-state index in [-0.39, 0.29) is 5.82 Å². The summed E-state index contributed by atoms with van der Waals surface area (Å²) in [5.41, 5.74) is 0.354. The first-order valence-electron chi connectivity index (χ1n) is 4.25. The van der Waals surface area contributed by atoms with Crippen LogP contribution >= 0.6 is 11.6 Å². The minimum atomic E-state index is -0.341. The quantitative estimate of drug-likeness (QED) is 0.796. The first-order valence-corrected chi connectivity index (χ1v) is 4.62. The van der Waals surface area contributed by atoms with Crippen LogP contribution in [0.2, 0.25) is 5.15 Å². The monoisotopic (exact) mass is 223 g/mol. The van der Waals surface area contributed by atoms with Gasteiger partial charge in [-0.3, -0.25) is 0 Å². The van der Waals surface area contributed by atoms with E-state index in [1.165, 1.54) is 18.5 Å². The van der Waals surface area contributed by atoms with E-state index < -0.39 is 0 Å². The summed E-state index contributed by atoms with van der Waals surface area (Å²) in [6.07, 6.45) is 1.31. The average molecular weight is 224 g/mol. The Bertz CT molecular complexity index is 476. The third-order valence-corrected chi connectivity index (χ3v) is 1.98. The van der Waals surface area contributed by atoms with Gasteiger partial charge in [0.05, 0.1) is 5.69 Å². The lowest BCUT2D eigenvalue weighted by Crippen LogP contribution is -1.96. The van der Waals surface area contributed by atoms with Crippen molar-refractivity contribution in [2.45, 2.75) is 0 Å². The van der Waals surface area contributed by atoms with E-state index in [0.717, 1.165) is 0 Å². The second kappa shape index (κ2) is 4.23. The van der Waals surface area contributed by atoms with Gasteiger partial charge in [-0.25, -0.2) is 14.4 Å². The van der Waals surface area contributed by atoms with Crippen molar-refractivity contribution < 1.29 is 4.39 Å². The smallest absolute Gasteiger partial charge is 0.146 e. The van der Waals surface area contributed by atoms with Crippen LogP contribution in [0.25, 0.3) is 0 Å². The summed E-state index contributed by atoms with van der Waals surface area (Å²) < 4.78 is 13.2. The fourth-order valence-electron chi connectivity index (χ4n) is 1.10. The number of rotatable bonds is 2. The summed E-state index contributed by atoms with van der Waals surface area (Å²) >= 11 is 5.67. The first kappa shape index (κ1) is 9.86. The molecule has 0 amide bonds. The number of hydrogen-bond acceptors (Lipinski definition) is 3. The second-order valence-corrected chi connectivity index (χ2v) is 3.22. The molecule has 0 saturated carbocycles. The Morgan fingerprint density at radius 3 is 2.73 bits per heavy atom. The zero-order valence-corrected chi connectivity index (χ0v) is 8.37. The number of para-hydroxylation sites is 1. The van der Waals surface area contributed by atoms with Crippen LogP contribution in [-0.2, 0) is 0 Å². The third-order valence-electron chi connectivity index (χ3n) is 1.77. The van der Waals surface area contributed by atoms with Gasteiger partial charge in [-0.15, -0.1) is 0 Å². The molecule has 76 valence electrons. The summed E-state index contributed by atoms with van der Waals surface area (Å²) in [6.45, 7) is 0. The maximum Gasteiger partial charge on any atom is 0.146 e. The highest BCUT2D eigenvalue weighted by atomic mass is 35.5. The van der Waals surface area contributed by atoms with Crippen LogP contribution < -0.4 is 5.32 Å². The van der Waals surface area contributed by atoms with E-state index in [2.05, 4.69) is 15.3 Å². The highest BCUT2D eigenvalue weighted by Gasteiger charge is 2.01. The summed E-state index contributed by atoms with van der Waals surface area (Å²) in [5.74, 6) is 0.118. The highest BCUT2D eigenvalue weighted by molar-refractivity contribution is 6.29. The molecule has 0 saturated heterocycles. The molecule has 0 unspecified atom stereocenters. The van der Waals surface area contributed by atoms with Crippen molar-refractivity contribution >= 4 is 23.1 Å². The van der Waals surface area contributed by atoms with Crippen molar-refractivity contribution in [3.05, 3.63) is 47.6 Å². The Hall–Kier alpha value is -1.68. The molecule has 0 aliphatic carbocycles. The minimum Gasteiger partial charge on any atom is -0.338 e. The lowest BCUT2D eigenvalue weighted by Gasteiger charge is -2.05. The van der Waals surface area contributed by atoms with Gasteiger partial charge in [-0.1, -0.05) is 23.7 Å². The number of aromatic nitrogens is 2. The van der Waals surface area contributed by atoms with Gasteiger partial charge in [-0.2, -0.15) is 0 Å². The predicted molar refractivity (Wildman–Crippen MR) is 56.7 cm³/mol. The molecule has 3 nitrogen and oxygen atoms in total. The van der Waals surface area contributed by atoms with Crippen LogP contribution in [0.5, 0.6) is 0 Å². The number of nitrogens with one attached hydrogen (secondary N) is 1. The molecule has 1 N–H and O–H groups in total. The Balaban J connectivity index is 2.26. The molecule has 2 aromatic rings. The molecule has 0 spiro atoms. The van der Waals surface area contributed by atoms with Crippen LogP contribution in [0.15, 0.2) is 36.7 Å². The molecule has 0 aliphatic rings. The van der Waals surface area contributed by atoms with Crippen LogP contribution in [0.4, 0.5) is 15.9 Å². The molecule has 5 heteroatoms. The van der Waals surface area contributed by atoms with Gasteiger partial charge in [-0.05, 0) is 12.1 Å². The second-order valence-electron chi connectivity index (χ2n) is 2.83. The number of anilines is 2. The summed E-state index contributed by atoms with van der Waals surface area (Å²) in [4.78, 5) is 7.63. The molecular formula is C10H7ClFN3. The van der Waals surface area contributed by atoms with Gasteiger partial charge in [0.15, 0.2) is 0 Å². The van der Waals surface area contributed by atoms with Gasteiger partial charge in [0, 0.05) is 6.07 Å². The molecule has 1 aromatic heterocycles. The summed E-state index contributed by atoms with van der Waals surface area (Å²) in [7, 11) is 0. The summed E-state index contributed by atoms with van der Waals surface area (Å²) in [5, 5.41) is 3.11. The normalized spacial score (nSPS) is 10.0. The Kier molecular flexibility index (Phi) is 2.78. The Morgan fingerprint density at radius 1 is 1.20 bits per heavy atom. The van der Waals surface area contributed by atoms with Crippen molar-refractivity contribution in [3.63, 3.8) is 0 Å². The zero-order chi connectivity index (χ0) is 10.7. The SMILES string of the molecule is Fc1ccccc1Nc1cc(Cl)ncn1. The third kappa shape index (κ3) is 2.41. The molecule has 0 aliphatic heterocycles. The van der Waals surface area contributed by atoms with Crippen LogP contribution in [0.3, 0.4) is 0 Å². The average Bonchev–Trinajstić information content (AvgIpc) is 2.22. The van der Waals surface area contributed by atoms with E-state index in [9.17, 15) is 4.39 Å². The van der Waals surface area contributed by atoms with Crippen LogP contribution in [-0.4, -0.2) is 9.97 Å². The van der Waals surface area contributed by atoms with E-state index in [1.54, 1.807) is 18.2 Å². The van der Waals surface area contributed by atoms with E-state index >= 15 is 0 Å². The van der Waals surface area contributed by atoms with Gasteiger partial charge >= 0.3 is 0 Å². The molecule has 2 rings (SSSR count). The van der Waals surface area contributed by atoms with E-state index in [0.29, 0.717) is 16.7 Å². The van der Waals surface area contributed by atoms with Gasteiger partial charge in [0.25, 0.3) is 0 Å². The Labute approximate surface area is 90.9 Å². The predicted octanol–water partition coefficient (Wildman–Crippen LogP) is 3.01. The number of benzene rings is 1. The molecule has 1 aromatic carbocycles. The largest absolute Gasteiger partial charge is 0.338 e. The number of hydrogen-bond donors (Lipinski definition) is 1. The van der Waals surface area contributed by atoms with Gasteiger partial charge < -0.3 is 5.32 Å². The standard InChI is InChI=1S/C10H7ClFN3/c11-9-5-10(14-6-13-9)15-8-4-2-1-3-7(8)12/h1-6H,(H,13,14,15). The molecule has 0 radical (unpaired) electrons. The van der Waals surface area contributed by atoms with Crippen molar-refractivity contribution in [2.24, 2.45) is 0 Å². The topological polar surface area (TPSA) is 37.8 Å². The maximum atomic E-state index is 13.2. The lowest BCUT2D eigenvalue weighted by atomic mass is 10.3. The molecule has 0 fully saturated rings. The van der Waals surface area contributed by atoms with Crippen molar-refractivity contribution in [1.82, 2.24) is 9.97 Å². The Morgan fingerprint density at radius 2 is 2.00 bits per heavy atom. The van der Waals surface area contributed by atoms with Crippen LogP contribution in [0.1, 0.15) is 0 Å². The molecule has 0 atom stereocenters. The van der Waals surface area contributed by atoms with E-state index in [4.69, 9.17) is 11.6 Å². The van der Waals surface area contributed by atoms with Crippen molar-refractivity contribution in [2.75, 3.05) is 5.32 Å². The van der Waals surface area contributed by atoms with Gasteiger partial charge in [0.1, 0.15) is 23.1 Å². The minimum absolute atomic E-state index is 0.309. The summed E-state index contributed by atoms with van der Waals surface area (Å²) in [6, 6.07) is 7.85. The van der Waals surface area contributed by atoms with Gasteiger partial charge in [0.2, 0.25) is 0 Å². The molecule has 15 heavy (non-hydrogen) atoms. The number of nitrogens with zero attached hydrogens (tertiary/aromatic N) is 2. The van der Waals surface area contributed by atoms with Crippen LogP contribution in [0, 0.1) is 5.82 Å². The van der Waals surface area contributed by atoms with Crippen molar-refractivity contribution in [1.29, 1.82) is 0 Å². The first-order chi connectivity index (χ1) is 7.25. The highest BCUT2D eigenvalue weighted by Crippen LogP contribution is 2.18. The lowest BCUT2D eigenvalue weighted by molar-refractivity contribution is 0.632.